The predicted octanol–water partition coefficient (Wildman–Crippen LogP) is 2.94. The van der Waals surface area contributed by atoms with Crippen LogP contribution in [0.1, 0.15) is 17.3 Å². The summed E-state index contributed by atoms with van der Waals surface area (Å²) in [6, 6.07) is 16.3. The predicted molar refractivity (Wildman–Crippen MR) is 148 cm³/mol. The van der Waals surface area contributed by atoms with E-state index >= 15 is 0 Å². The van der Waals surface area contributed by atoms with Crippen LogP contribution < -0.4 is 19.4 Å². The average molecular weight is 591 g/mol. The number of benzene rings is 3. The molecule has 0 bridgehead atoms. The number of methoxy groups -OCH3 is 1. The van der Waals surface area contributed by atoms with Crippen molar-refractivity contribution in [3.8, 4) is 5.75 Å². The Kier molecular flexibility index (Phi) is 8.51. The quantitative estimate of drug-likeness (QED) is 0.269. The minimum absolute atomic E-state index is 0.0317. The molecular weight excluding hydrogens is 564 g/mol. The van der Waals surface area contributed by atoms with Gasteiger partial charge in [0.1, 0.15) is 5.75 Å². The van der Waals surface area contributed by atoms with Crippen molar-refractivity contribution in [2.45, 2.75) is 23.3 Å². The Labute approximate surface area is 229 Å². The number of sulfonamides is 2. The average Bonchev–Trinajstić information content (AvgIpc) is 3.24. The number of fused-ring (bicyclic) bond motifs is 1. The third kappa shape index (κ3) is 6.72. The second-order valence-corrected chi connectivity index (χ2v) is 12.4. The van der Waals surface area contributed by atoms with Crippen molar-refractivity contribution in [3.63, 3.8) is 0 Å². The van der Waals surface area contributed by atoms with Crippen LogP contribution in [0, 0.1) is 0 Å². The Morgan fingerprint density at radius 3 is 2.41 bits per heavy atom. The van der Waals surface area contributed by atoms with Gasteiger partial charge < -0.3 is 14.0 Å². The third-order valence-electron chi connectivity index (χ3n) is 5.57. The van der Waals surface area contributed by atoms with Crippen molar-refractivity contribution < 1.29 is 31.1 Å². The summed E-state index contributed by atoms with van der Waals surface area (Å²) in [6.45, 7) is 3.09. The van der Waals surface area contributed by atoms with Gasteiger partial charge in [0.2, 0.25) is 10.0 Å². The van der Waals surface area contributed by atoms with Crippen molar-refractivity contribution in [3.05, 3.63) is 77.1 Å². The molecule has 11 nitrogen and oxygen atoms in total. The molecule has 1 amide bonds. The molecular formula is C25H26N4O7S3. The van der Waals surface area contributed by atoms with Gasteiger partial charge in [-0.1, -0.05) is 17.4 Å². The van der Waals surface area contributed by atoms with Crippen LogP contribution >= 0.6 is 11.3 Å². The molecule has 0 radical (unpaired) electrons. The van der Waals surface area contributed by atoms with Crippen molar-refractivity contribution in [1.82, 2.24) is 4.57 Å². The number of nitrogens with zero attached hydrogens (tertiary/aromatic N) is 2. The van der Waals surface area contributed by atoms with Crippen molar-refractivity contribution in [1.29, 1.82) is 0 Å². The number of thiazole rings is 1. The van der Waals surface area contributed by atoms with E-state index in [0.29, 0.717) is 40.5 Å². The van der Waals surface area contributed by atoms with Crippen LogP contribution in [-0.2, 0) is 31.3 Å². The van der Waals surface area contributed by atoms with E-state index < -0.39 is 26.0 Å². The molecule has 0 aliphatic heterocycles. The molecule has 4 rings (SSSR count). The topological polar surface area (TPSA) is 159 Å². The van der Waals surface area contributed by atoms with Gasteiger partial charge in [-0.2, -0.15) is 4.99 Å². The standard InChI is InChI=1S/C25H26N4O7S3/c1-3-36-14-13-29-22-12-11-21(38(26,31)32)16-23(22)37-25(29)27-24(30)17-5-4-6-18(15-17)28-39(33,34)20-9-7-19(35-2)8-10-20/h4-12,15-16,28H,3,13-14H2,1-2H3,(H2,26,31,32). The van der Waals surface area contributed by atoms with Gasteiger partial charge in [0.15, 0.2) is 4.80 Å². The fourth-order valence-electron chi connectivity index (χ4n) is 3.67. The van der Waals surface area contributed by atoms with E-state index in [1.54, 1.807) is 16.7 Å². The fourth-order valence-corrected chi connectivity index (χ4v) is 6.43. The Bertz CT molecular complexity index is 1790. The highest BCUT2D eigenvalue weighted by atomic mass is 32.2. The highest BCUT2D eigenvalue weighted by molar-refractivity contribution is 7.92. The molecule has 0 atom stereocenters. The summed E-state index contributed by atoms with van der Waals surface area (Å²) in [4.78, 5) is 17.7. The van der Waals surface area contributed by atoms with E-state index in [1.807, 2.05) is 6.92 Å². The second-order valence-electron chi connectivity index (χ2n) is 8.19. The normalized spacial score (nSPS) is 12.5. The van der Waals surface area contributed by atoms with Gasteiger partial charge in [0, 0.05) is 24.4 Å². The Hall–Kier alpha value is -3.56. The van der Waals surface area contributed by atoms with E-state index in [2.05, 4.69) is 9.71 Å². The Morgan fingerprint density at radius 2 is 1.74 bits per heavy atom. The molecule has 3 N–H and O–H groups in total. The number of anilines is 1. The van der Waals surface area contributed by atoms with Crippen LogP contribution in [-0.4, -0.2) is 47.6 Å². The molecule has 0 spiro atoms. The van der Waals surface area contributed by atoms with E-state index in [9.17, 15) is 21.6 Å². The van der Waals surface area contributed by atoms with Crippen LogP contribution in [0.3, 0.4) is 0 Å². The highest BCUT2D eigenvalue weighted by Crippen LogP contribution is 2.23. The SMILES string of the molecule is CCOCCn1c(=NC(=O)c2cccc(NS(=O)(=O)c3ccc(OC)cc3)c2)sc2cc(S(N)(=O)=O)ccc21. The molecule has 39 heavy (non-hydrogen) atoms. The van der Waals surface area contributed by atoms with E-state index in [-0.39, 0.29) is 21.0 Å². The molecule has 0 saturated carbocycles. The molecule has 0 aliphatic carbocycles. The molecule has 4 aromatic rings. The lowest BCUT2D eigenvalue weighted by Crippen LogP contribution is -2.20. The zero-order chi connectivity index (χ0) is 28.2. The van der Waals surface area contributed by atoms with Crippen LogP contribution in [0.4, 0.5) is 5.69 Å². The first-order chi connectivity index (χ1) is 18.5. The first kappa shape index (κ1) is 28.4. The minimum atomic E-state index is -3.92. The molecule has 0 fully saturated rings. The summed E-state index contributed by atoms with van der Waals surface area (Å²) in [5, 5.41) is 5.27. The van der Waals surface area contributed by atoms with E-state index in [1.165, 1.54) is 61.7 Å². The number of hydrogen-bond donors (Lipinski definition) is 2. The number of hydrogen-bond acceptors (Lipinski definition) is 8. The molecule has 1 aromatic heterocycles. The molecule has 206 valence electrons. The number of ether oxygens (including phenoxy) is 2. The van der Waals surface area contributed by atoms with Crippen LogP contribution in [0.25, 0.3) is 10.2 Å². The summed E-state index contributed by atoms with van der Waals surface area (Å²) >= 11 is 1.13. The summed E-state index contributed by atoms with van der Waals surface area (Å²) in [5.74, 6) is -0.0901. The molecule has 14 heteroatoms. The van der Waals surface area contributed by atoms with Crippen molar-refractivity contribution in [2.24, 2.45) is 10.1 Å². The number of carbonyl (C=O) groups is 1. The largest absolute Gasteiger partial charge is 0.497 e. The van der Waals surface area contributed by atoms with Gasteiger partial charge in [0.25, 0.3) is 15.9 Å². The Balaban J connectivity index is 1.68. The lowest BCUT2D eigenvalue weighted by Gasteiger charge is -2.09. The number of primary sulfonamides is 1. The smallest absolute Gasteiger partial charge is 0.279 e. The van der Waals surface area contributed by atoms with Gasteiger partial charge in [0.05, 0.1) is 33.7 Å². The third-order valence-corrected chi connectivity index (χ3v) is 8.92. The molecule has 1 heterocycles. The maximum atomic E-state index is 13.1. The van der Waals surface area contributed by atoms with E-state index in [0.717, 1.165) is 11.3 Å². The number of carbonyl (C=O) groups excluding carboxylic acids is 1. The minimum Gasteiger partial charge on any atom is -0.497 e. The van der Waals surface area contributed by atoms with E-state index in [4.69, 9.17) is 14.6 Å². The van der Waals surface area contributed by atoms with Crippen LogP contribution in [0.2, 0.25) is 0 Å². The molecule has 0 unspecified atom stereocenters. The highest BCUT2D eigenvalue weighted by Gasteiger charge is 2.17. The molecule has 0 saturated heterocycles. The molecule has 3 aromatic carbocycles. The maximum Gasteiger partial charge on any atom is 0.279 e. The fraction of sp³-hybridized carbons (Fsp3) is 0.200. The van der Waals surface area contributed by atoms with Gasteiger partial charge in [-0.25, -0.2) is 22.0 Å². The number of aromatic nitrogens is 1. The second kappa shape index (κ2) is 11.7. The number of rotatable bonds is 10. The zero-order valence-electron chi connectivity index (χ0n) is 21.0. The van der Waals surface area contributed by atoms with Gasteiger partial charge in [-0.3, -0.25) is 9.52 Å². The number of nitrogens with two attached hydrogens (primary N) is 1. The first-order valence-electron chi connectivity index (χ1n) is 11.6. The van der Waals surface area contributed by atoms with Gasteiger partial charge >= 0.3 is 0 Å². The first-order valence-corrected chi connectivity index (χ1v) is 15.5. The maximum absolute atomic E-state index is 13.1. The van der Waals surface area contributed by atoms with Crippen molar-refractivity contribution in [2.75, 3.05) is 25.0 Å². The van der Waals surface area contributed by atoms with Gasteiger partial charge in [-0.05, 0) is 67.6 Å². The molecule has 0 aliphatic rings. The lowest BCUT2D eigenvalue weighted by atomic mass is 10.2. The monoisotopic (exact) mass is 590 g/mol. The summed E-state index contributed by atoms with van der Waals surface area (Å²) < 4.78 is 64.6. The van der Waals surface area contributed by atoms with Crippen LogP contribution in [0.15, 0.2) is 81.5 Å². The number of amides is 1. The Morgan fingerprint density at radius 1 is 1.03 bits per heavy atom. The number of nitrogens with one attached hydrogen (secondary N) is 1. The van der Waals surface area contributed by atoms with Gasteiger partial charge in [-0.15, -0.1) is 0 Å². The summed E-state index contributed by atoms with van der Waals surface area (Å²) in [6.07, 6.45) is 0. The lowest BCUT2D eigenvalue weighted by molar-refractivity contribution is 0.0996. The summed E-state index contributed by atoms with van der Waals surface area (Å²) in [7, 11) is -6.35. The van der Waals surface area contributed by atoms with Crippen LogP contribution in [0.5, 0.6) is 5.75 Å². The van der Waals surface area contributed by atoms with Crippen molar-refractivity contribution >= 4 is 53.2 Å². The zero-order valence-corrected chi connectivity index (χ0v) is 23.5. The summed E-state index contributed by atoms with van der Waals surface area (Å²) in [5.41, 5.74) is 1.01.